The number of allylic oxidation sites excluding steroid dienone is 1. The van der Waals surface area contributed by atoms with Gasteiger partial charge in [0.15, 0.2) is 17.5 Å². The Bertz CT molecular complexity index is 1960. The summed E-state index contributed by atoms with van der Waals surface area (Å²) in [5.74, 6) is -5.91. The Balaban J connectivity index is 1.91. The van der Waals surface area contributed by atoms with Crippen molar-refractivity contribution in [3.05, 3.63) is 74.4 Å². The van der Waals surface area contributed by atoms with Crippen LogP contribution in [0.3, 0.4) is 0 Å². The number of nitriles is 1. The van der Waals surface area contributed by atoms with Crippen molar-refractivity contribution >= 4 is 57.2 Å². The van der Waals surface area contributed by atoms with Gasteiger partial charge in [-0.25, -0.2) is 18.2 Å². The number of aromatic nitrogens is 2. The van der Waals surface area contributed by atoms with Gasteiger partial charge in [-0.3, -0.25) is 19.1 Å². The van der Waals surface area contributed by atoms with E-state index in [4.69, 9.17) is 28.9 Å². The first kappa shape index (κ1) is 34.0. The minimum atomic E-state index is -1.87. The zero-order valence-electron chi connectivity index (χ0n) is 26.3. The molecule has 2 aliphatic rings. The van der Waals surface area contributed by atoms with Crippen molar-refractivity contribution in [3.8, 4) is 17.3 Å². The molecule has 1 amide bonds. The number of benzene rings is 1. The molecule has 1 saturated heterocycles. The molecule has 1 aromatic carbocycles. The maximum absolute atomic E-state index is 15.4. The first-order valence-electron chi connectivity index (χ1n) is 14.9. The lowest BCUT2D eigenvalue weighted by Crippen LogP contribution is -2.58. The summed E-state index contributed by atoms with van der Waals surface area (Å²) in [7, 11) is 0. The van der Waals surface area contributed by atoms with E-state index in [2.05, 4.69) is 22.6 Å². The lowest BCUT2D eigenvalue weighted by Gasteiger charge is -2.45. The van der Waals surface area contributed by atoms with E-state index >= 15 is 4.39 Å². The highest BCUT2D eigenvalue weighted by Gasteiger charge is 2.38. The number of amides is 1. The van der Waals surface area contributed by atoms with E-state index in [-0.39, 0.29) is 75.9 Å². The summed E-state index contributed by atoms with van der Waals surface area (Å²) in [5.41, 5.74) is 4.22. The van der Waals surface area contributed by atoms with E-state index in [1.165, 1.54) is 16.7 Å². The highest BCUT2D eigenvalue weighted by atomic mass is 35.5. The van der Waals surface area contributed by atoms with Crippen LogP contribution < -0.4 is 16.2 Å². The predicted molar refractivity (Wildman–Crippen MR) is 178 cm³/mol. The lowest BCUT2D eigenvalue weighted by atomic mass is 9.88. The minimum Gasteiger partial charge on any atom is -0.397 e. The molecule has 3 aromatic rings. The van der Waals surface area contributed by atoms with Crippen LogP contribution in [0.1, 0.15) is 46.2 Å². The van der Waals surface area contributed by atoms with Gasteiger partial charge in [0.1, 0.15) is 22.3 Å². The van der Waals surface area contributed by atoms with Crippen molar-refractivity contribution in [2.75, 3.05) is 23.7 Å². The summed E-state index contributed by atoms with van der Waals surface area (Å²) in [6.07, 6.45) is 4.68. The maximum atomic E-state index is 15.4. The number of carbonyl (C=O) groups is 1. The standard InChI is InChI=1S/C33H32Cl2F3N7O2/c1-7-21(46)44-16(5)12-43(13-17(44)6)31-18-10-20(34)29(22-24(36)26(38)25(37)23(35)27(22)40)42-32(18)45(33(47)19(31)11-39)30-15(4)8-9-41-28(30)14(2)3/h7-10,14-17,30H,1,12-13,40H2,2-6H3/t15-,16-,17+,30?/m1/s1. The molecule has 5 rings (SSSR count). The van der Waals surface area contributed by atoms with Crippen LogP contribution in [0, 0.1) is 40.6 Å². The van der Waals surface area contributed by atoms with Gasteiger partial charge in [-0.1, -0.05) is 56.6 Å². The first-order valence-corrected chi connectivity index (χ1v) is 15.7. The third-order valence-corrected chi connectivity index (χ3v) is 9.37. The average molecular weight is 687 g/mol. The number of aliphatic imine (C=N–C) groups is 1. The second-order valence-electron chi connectivity index (χ2n) is 12.2. The summed E-state index contributed by atoms with van der Waals surface area (Å²) in [6, 6.07) is 2.05. The van der Waals surface area contributed by atoms with E-state index < -0.39 is 45.3 Å². The molecule has 4 atom stereocenters. The van der Waals surface area contributed by atoms with Crippen LogP contribution in [-0.2, 0) is 4.79 Å². The number of nitrogens with two attached hydrogens (primary N) is 1. The fourth-order valence-electron chi connectivity index (χ4n) is 6.65. The number of hydrogen-bond acceptors (Lipinski definition) is 7. The Morgan fingerprint density at radius 3 is 2.36 bits per heavy atom. The number of nitrogen functional groups attached to an aromatic ring is 1. The number of rotatable bonds is 5. The normalized spacial score (nSPS) is 21.3. The summed E-state index contributed by atoms with van der Waals surface area (Å²) in [5, 5.41) is 9.68. The summed E-state index contributed by atoms with van der Waals surface area (Å²) in [6.45, 7) is 13.4. The van der Waals surface area contributed by atoms with Crippen LogP contribution in [0.2, 0.25) is 10.0 Å². The van der Waals surface area contributed by atoms with Gasteiger partial charge in [0.2, 0.25) is 5.91 Å². The van der Waals surface area contributed by atoms with Crippen LogP contribution in [0.15, 0.2) is 40.8 Å². The van der Waals surface area contributed by atoms with Crippen molar-refractivity contribution in [3.63, 3.8) is 0 Å². The van der Waals surface area contributed by atoms with E-state index in [1.54, 1.807) is 17.2 Å². The van der Waals surface area contributed by atoms with Crippen molar-refractivity contribution in [1.29, 1.82) is 5.26 Å². The molecule has 0 saturated carbocycles. The lowest BCUT2D eigenvalue weighted by molar-refractivity contribution is -0.130. The van der Waals surface area contributed by atoms with E-state index in [1.807, 2.05) is 39.5 Å². The molecule has 9 nitrogen and oxygen atoms in total. The van der Waals surface area contributed by atoms with Gasteiger partial charge >= 0.3 is 0 Å². The van der Waals surface area contributed by atoms with Gasteiger partial charge in [-0.2, -0.15) is 5.26 Å². The summed E-state index contributed by atoms with van der Waals surface area (Å²) >= 11 is 12.7. The Kier molecular flexibility index (Phi) is 9.18. The minimum absolute atomic E-state index is 0.0199. The van der Waals surface area contributed by atoms with Gasteiger partial charge in [0.05, 0.1) is 33.7 Å². The number of hydrogen-bond donors (Lipinski definition) is 1. The molecule has 246 valence electrons. The second-order valence-corrected chi connectivity index (χ2v) is 12.9. The van der Waals surface area contributed by atoms with Crippen LogP contribution in [0.5, 0.6) is 0 Å². The van der Waals surface area contributed by atoms with Gasteiger partial charge in [0.25, 0.3) is 5.56 Å². The van der Waals surface area contributed by atoms with E-state index in [0.29, 0.717) is 5.71 Å². The van der Waals surface area contributed by atoms with Crippen LogP contribution in [0.4, 0.5) is 24.5 Å². The molecule has 14 heteroatoms. The molecule has 0 spiro atoms. The second kappa shape index (κ2) is 12.7. The van der Waals surface area contributed by atoms with Crippen molar-refractivity contribution in [2.24, 2.45) is 16.8 Å². The average Bonchev–Trinajstić information content (AvgIpc) is 3.02. The van der Waals surface area contributed by atoms with E-state index in [0.717, 1.165) is 0 Å². The highest BCUT2D eigenvalue weighted by Crippen LogP contribution is 2.43. The molecule has 47 heavy (non-hydrogen) atoms. The highest BCUT2D eigenvalue weighted by molar-refractivity contribution is 6.36. The zero-order valence-corrected chi connectivity index (χ0v) is 27.8. The topological polar surface area (TPSA) is 121 Å². The van der Waals surface area contributed by atoms with Crippen LogP contribution in [-0.4, -0.2) is 51.2 Å². The van der Waals surface area contributed by atoms with Gasteiger partial charge in [0, 0.05) is 48.4 Å². The Morgan fingerprint density at radius 1 is 1.15 bits per heavy atom. The Morgan fingerprint density at radius 2 is 1.79 bits per heavy atom. The largest absolute Gasteiger partial charge is 0.397 e. The first-order chi connectivity index (χ1) is 22.2. The fourth-order valence-corrected chi connectivity index (χ4v) is 7.07. The van der Waals surface area contributed by atoms with Crippen LogP contribution in [0.25, 0.3) is 22.3 Å². The third kappa shape index (κ3) is 5.45. The SMILES string of the molecule is C=CC(=O)N1[C@H](C)CN(c2c(C#N)c(=O)n(C3C(C(C)C)=NC=C[C@H]3C)c3nc(-c4c(N)c(Cl)c(F)c(F)c4F)c(Cl)cc23)C[C@@H]1C. The van der Waals surface area contributed by atoms with Crippen LogP contribution >= 0.6 is 23.2 Å². The number of piperazine rings is 1. The number of pyridine rings is 2. The number of anilines is 2. The van der Waals surface area contributed by atoms with E-state index in [9.17, 15) is 23.6 Å². The number of halogens is 5. The van der Waals surface area contributed by atoms with Crippen molar-refractivity contribution in [2.45, 2.75) is 52.7 Å². The van der Waals surface area contributed by atoms with Crippen molar-refractivity contribution in [1.82, 2.24) is 14.5 Å². The Labute approximate surface area is 279 Å². The quantitative estimate of drug-likeness (QED) is 0.139. The summed E-state index contributed by atoms with van der Waals surface area (Å²) < 4.78 is 45.7. The fraction of sp³-hybridized carbons (Fsp3) is 0.364. The molecule has 1 fully saturated rings. The van der Waals surface area contributed by atoms with Crippen molar-refractivity contribution < 1.29 is 18.0 Å². The Hall–Kier alpha value is -4.34. The number of nitrogens with zero attached hydrogens (tertiary/aromatic N) is 6. The molecule has 0 bridgehead atoms. The number of fused-ring (bicyclic) bond motifs is 1. The third-order valence-electron chi connectivity index (χ3n) is 8.71. The smallest absolute Gasteiger partial charge is 0.272 e. The van der Waals surface area contributed by atoms with Gasteiger partial charge in [-0.05, 0) is 31.9 Å². The molecule has 2 N–H and O–H groups in total. The summed E-state index contributed by atoms with van der Waals surface area (Å²) in [4.78, 5) is 39.9. The molecule has 4 heterocycles. The molecule has 0 radical (unpaired) electrons. The monoisotopic (exact) mass is 685 g/mol. The maximum Gasteiger partial charge on any atom is 0.272 e. The number of carbonyl (C=O) groups excluding carboxylic acids is 1. The molecule has 1 unspecified atom stereocenters. The predicted octanol–water partition coefficient (Wildman–Crippen LogP) is 6.65. The molecule has 2 aliphatic heterocycles. The molecular formula is C33H32Cl2F3N7O2. The molecular weight excluding hydrogens is 654 g/mol. The van der Waals surface area contributed by atoms with Gasteiger partial charge in [-0.15, -0.1) is 0 Å². The van der Waals surface area contributed by atoms with Gasteiger partial charge < -0.3 is 15.5 Å². The molecule has 2 aromatic heterocycles. The zero-order chi connectivity index (χ0) is 34.6. The molecule has 0 aliphatic carbocycles.